The van der Waals surface area contributed by atoms with Crippen molar-refractivity contribution in [3.8, 4) is 0 Å². The fourth-order valence-electron chi connectivity index (χ4n) is 1.64. The largest absolute Gasteiger partial charge is 0.346 e. The molecule has 2 aromatic rings. The molecule has 0 radical (unpaired) electrons. The van der Waals surface area contributed by atoms with E-state index in [1.165, 1.54) is 0 Å². The number of nitrogens with zero attached hydrogens (tertiary/aromatic N) is 2. The summed E-state index contributed by atoms with van der Waals surface area (Å²) in [6.07, 6.45) is 0. The van der Waals surface area contributed by atoms with Crippen LogP contribution in [-0.4, -0.2) is 21.6 Å². The number of carbonyl (C=O) groups is 1. The number of benzene rings is 1. The number of nitrogens with one attached hydrogen (secondary N) is 2. The topological polar surface area (TPSA) is 66.9 Å². The van der Waals surface area contributed by atoms with Crippen molar-refractivity contribution in [1.29, 1.82) is 0 Å². The van der Waals surface area contributed by atoms with E-state index in [1.54, 1.807) is 12.1 Å². The Morgan fingerprint density at radius 1 is 1.14 bits per heavy atom. The van der Waals surface area contributed by atoms with Crippen LogP contribution in [0.2, 0.25) is 0 Å². The molecule has 0 fully saturated rings. The summed E-state index contributed by atoms with van der Waals surface area (Å²) in [7, 11) is 0. The molecule has 0 unspecified atom stereocenters. The molecule has 0 saturated heterocycles. The molecule has 0 spiro atoms. The number of halogens is 1. The Morgan fingerprint density at radius 3 is 2.48 bits per heavy atom. The number of rotatable bonds is 3. The lowest BCUT2D eigenvalue weighted by molar-refractivity contribution is 0.0913. The summed E-state index contributed by atoms with van der Waals surface area (Å²) < 4.78 is 0.974. The molecule has 0 aliphatic carbocycles. The van der Waals surface area contributed by atoms with Gasteiger partial charge in [0.05, 0.1) is 0 Å². The zero-order valence-electron chi connectivity index (χ0n) is 12.1. The second kappa shape index (κ2) is 6.22. The average Bonchev–Trinajstić information content (AvgIpc) is 2.37. The van der Waals surface area contributed by atoms with E-state index in [4.69, 9.17) is 0 Å². The minimum absolute atomic E-state index is 0.232. The number of carbonyl (C=O) groups excluding carboxylic acids is 1. The van der Waals surface area contributed by atoms with Crippen molar-refractivity contribution in [1.82, 2.24) is 15.5 Å². The summed E-state index contributed by atoms with van der Waals surface area (Å²) in [5, 5.41) is 13.9. The van der Waals surface area contributed by atoms with Crippen LogP contribution in [0.1, 0.15) is 31.3 Å². The van der Waals surface area contributed by atoms with E-state index < -0.39 is 0 Å². The Morgan fingerprint density at radius 2 is 1.90 bits per heavy atom. The van der Waals surface area contributed by atoms with E-state index in [-0.39, 0.29) is 11.4 Å². The van der Waals surface area contributed by atoms with Gasteiger partial charge in [0, 0.05) is 15.7 Å². The Balaban J connectivity index is 2.07. The van der Waals surface area contributed by atoms with Crippen molar-refractivity contribution in [2.45, 2.75) is 26.3 Å². The molecule has 0 aliphatic rings. The van der Waals surface area contributed by atoms with Gasteiger partial charge < -0.3 is 10.6 Å². The lowest BCUT2D eigenvalue weighted by Gasteiger charge is -2.19. The van der Waals surface area contributed by atoms with Crippen LogP contribution < -0.4 is 10.6 Å². The number of hydrogen-bond donors (Lipinski definition) is 2. The fourth-order valence-corrected chi connectivity index (χ4v) is 2.04. The Hall–Kier alpha value is -1.95. The van der Waals surface area contributed by atoms with Crippen LogP contribution in [0.3, 0.4) is 0 Å². The molecule has 1 aromatic carbocycles. The van der Waals surface area contributed by atoms with E-state index in [1.807, 2.05) is 45.0 Å². The number of amides is 1. The van der Waals surface area contributed by atoms with Crippen molar-refractivity contribution in [3.05, 3.63) is 46.6 Å². The second-order valence-corrected chi connectivity index (χ2v) is 6.56. The molecule has 1 heterocycles. The zero-order chi connectivity index (χ0) is 15.5. The van der Waals surface area contributed by atoms with Gasteiger partial charge in [0.15, 0.2) is 11.5 Å². The summed E-state index contributed by atoms with van der Waals surface area (Å²) in [6, 6.07) is 11.1. The first-order chi connectivity index (χ1) is 9.83. The quantitative estimate of drug-likeness (QED) is 0.890. The molecule has 0 aliphatic heterocycles. The van der Waals surface area contributed by atoms with Gasteiger partial charge in [-0.05, 0) is 51.1 Å². The first-order valence-electron chi connectivity index (χ1n) is 6.52. The van der Waals surface area contributed by atoms with Gasteiger partial charge in [0.1, 0.15) is 0 Å². The van der Waals surface area contributed by atoms with Gasteiger partial charge >= 0.3 is 0 Å². The molecule has 0 atom stereocenters. The molecule has 1 aromatic heterocycles. The van der Waals surface area contributed by atoms with Crippen molar-refractivity contribution in [2.75, 3.05) is 5.32 Å². The molecule has 2 rings (SSSR count). The maximum absolute atomic E-state index is 11.9. The second-order valence-electron chi connectivity index (χ2n) is 5.64. The Bertz CT molecular complexity index is 635. The van der Waals surface area contributed by atoms with Crippen molar-refractivity contribution < 1.29 is 4.79 Å². The van der Waals surface area contributed by atoms with Gasteiger partial charge in [-0.2, -0.15) is 0 Å². The Labute approximate surface area is 132 Å². The van der Waals surface area contributed by atoms with Crippen LogP contribution in [0, 0.1) is 0 Å². The predicted octanol–water partition coefficient (Wildman–Crippen LogP) is 3.51. The van der Waals surface area contributed by atoms with E-state index in [0.717, 1.165) is 10.2 Å². The van der Waals surface area contributed by atoms with E-state index in [9.17, 15) is 4.79 Å². The molecule has 110 valence electrons. The van der Waals surface area contributed by atoms with Crippen LogP contribution in [0.25, 0.3) is 0 Å². The van der Waals surface area contributed by atoms with Gasteiger partial charge in [-0.1, -0.05) is 22.0 Å². The van der Waals surface area contributed by atoms with Crippen LogP contribution in [0.4, 0.5) is 11.5 Å². The van der Waals surface area contributed by atoms with Crippen LogP contribution in [-0.2, 0) is 0 Å². The monoisotopic (exact) mass is 348 g/mol. The minimum Gasteiger partial charge on any atom is -0.346 e. The molecule has 5 nitrogen and oxygen atoms in total. The highest BCUT2D eigenvalue weighted by Gasteiger charge is 2.16. The third kappa shape index (κ3) is 4.82. The van der Waals surface area contributed by atoms with Crippen molar-refractivity contribution in [3.63, 3.8) is 0 Å². The SMILES string of the molecule is CC(C)(C)NC(=O)c1ccc(Nc2cccc(Br)c2)nn1. The molecular weight excluding hydrogens is 332 g/mol. The highest BCUT2D eigenvalue weighted by atomic mass is 79.9. The van der Waals surface area contributed by atoms with Gasteiger partial charge in [0.2, 0.25) is 0 Å². The van der Waals surface area contributed by atoms with Crippen molar-refractivity contribution in [2.24, 2.45) is 0 Å². The molecule has 0 bridgehead atoms. The number of anilines is 2. The maximum Gasteiger partial charge on any atom is 0.272 e. The molecular formula is C15H17BrN4O. The first kappa shape index (κ1) is 15.4. The summed E-state index contributed by atoms with van der Waals surface area (Å²) in [5.74, 6) is 0.351. The summed E-state index contributed by atoms with van der Waals surface area (Å²) in [6.45, 7) is 5.75. The fraction of sp³-hybridized carbons (Fsp3) is 0.267. The van der Waals surface area contributed by atoms with Gasteiger partial charge in [-0.3, -0.25) is 4.79 Å². The van der Waals surface area contributed by atoms with E-state index in [2.05, 4.69) is 36.8 Å². The van der Waals surface area contributed by atoms with Crippen LogP contribution in [0.5, 0.6) is 0 Å². The third-order valence-corrected chi connectivity index (χ3v) is 2.98. The van der Waals surface area contributed by atoms with Gasteiger partial charge in [-0.25, -0.2) is 0 Å². The highest BCUT2D eigenvalue weighted by Crippen LogP contribution is 2.18. The van der Waals surface area contributed by atoms with Gasteiger partial charge in [0.25, 0.3) is 5.91 Å². The number of aromatic nitrogens is 2. The summed E-state index contributed by atoms with van der Waals surface area (Å²) in [4.78, 5) is 11.9. The van der Waals surface area contributed by atoms with E-state index >= 15 is 0 Å². The standard InChI is InChI=1S/C15H17BrN4O/c1-15(2,3)18-14(21)12-7-8-13(20-19-12)17-11-6-4-5-10(16)9-11/h4-9H,1-3H3,(H,17,20)(H,18,21). The average molecular weight is 349 g/mol. The maximum atomic E-state index is 11.9. The van der Waals surface area contributed by atoms with E-state index in [0.29, 0.717) is 11.5 Å². The molecule has 2 N–H and O–H groups in total. The molecule has 0 saturated carbocycles. The number of hydrogen-bond acceptors (Lipinski definition) is 4. The highest BCUT2D eigenvalue weighted by molar-refractivity contribution is 9.10. The minimum atomic E-state index is -0.300. The molecule has 21 heavy (non-hydrogen) atoms. The Kier molecular flexibility index (Phi) is 4.57. The summed E-state index contributed by atoms with van der Waals surface area (Å²) >= 11 is 3.41. The predicted molar refractivity (Wildman–Crippen MR) is 86.7 cm³/mol. The lowest BCUT2D eigenvalue weighted by atomic mass is 10.1. The lowest BCUT2D eigenvalue weighted by Crippen LogP contribution is -2.41. The first-order valence-corrected chi connectivity index (χ1v) is 7.32. The smallest absolute Gasteiger partial charge is 0.272 e. The van der Waals surface area contributed by atoms with Crippen molar-refractivity contribution >= 4 is 33.3 Å². The summed E-state index contributed by atoms with van der Waals surface area (Å²) in [5.41, 5.74) is 0.890. The van der Waals surface area contributed by atoms with Gasteiger partial charge in [-0.15, -0.1) is 10.2 Å². The molecule has 6 heteroatoms. The zero-order valence-corrected chi connectivity index (χ0v) is 13.7. The van der Waals surface area contributed by atoms with Crippen LogP contribution in [0.15, 0.2) is 40.9 Å². The van der Waals surface area contributed by atoms with Crippen LogP contribution >= 0.6 is 15.9 Å². The molecule has 1 amide bonds. The third-order valence-electron chi connectivity index (χ3n) is 2.48. The normalized spacial score (nSPS) is 11.0.